The van der Waals surface area contributed by atoms with Crippen LogP contribution in [0, 0.1) is 0 Å². The number of thiophene rings is 1. The minimum absolute atomic E-state index is 0.533. The highest BCUT2D eigenvalue weighted by Gasteiger charge is 2.20. The second-order valence-corrected chi connectivity index (χ2v) is 6.95. The third-order valence-corrected chi connectivity index (χ3v) is 5.25. The van der Waals surface area contributed by atoms with E-state index in [9.17, 15) is 0 Å². The molecule has 0 bridgehead atoms. The third-order valence-electron chi connectivity index (χ3n) is 4.09. The number of nitrogens with zero attached hydrogens (tertiary/aromatic N) is 4. The van der Waals surface area contributed by atoms with Crippen molar-refractivity contribution in [2.24, 2.45) is 4.99 Å². The zero-order valence-electron chi connectivity index (χ0n) is 13.8. The second kappa shape index (κ2) is 8.35. The topological polar surface area (TPSA) is 43.8 Å². The van der Waals surface area contributed by atoms with E-state index in [0.717, 1.165) is 45.1 Å². The molecule has 0 saturated carbocycles. The van der Waals surface area contributed by atoms with Crippen molar-refractivity contribution in [1.82, 2.24) is 15.2 Å². The van der Waals surface area contributed by atoms with Crippen LogP contribution >= 0.6 is 22.9 Å². The molecule has 0 aromatic carbocycles. The van der Waals surface area contributed by atoms with Crippen molar-refractivity contribution >= 4 is 33.9 Å². The summed E-state index contributed by atoms with van der Waals surface area (Å²) >= 11 is 7.62. The summed E-state index contributed by atoms with van der Waals surface area (Å²) in [5, 5.41) is 7.47. The normalized spacial score (nSPS) is 15.7. The average Bonchev–Trinajstić information content (AvgIpc) is 3.15. The number of guanidine groups is 1. The SMILES string of the molecule is CN=C(NCCc1ccc(Cl)nc1)N1CCN(c2cccs2)CC1. The molecular weight excluding hydrogens is 342 g/mol. The molecule has 0 amide bonds. The largest absolute Gasteiger partial charge is 0.360 e. The van der Waals surface area contributed by atoms with E-state index in [1.54, 1.807) is 11.3 Å². The highest BCUT2D eigenvalue weighted by molar-refractivity contribution is 7.14. The van der Waals surface area contributed by atoms with Crippen molar-refractivity contribution in [3.8, 4) is 0 Å². The molecule has 1 fully saturated rings. The number of hydrogen-bond acceptors (Lipinski definition) is 4. The Balaban J connectivity index is 1.46. The Labute approximate surface area is 152 Å². The zero-order valence-corrected chi connectivity index (χ0v) is 15.4. The molecule has 24 heavy (non-hydrogen) atoms. The van der Waals surface area contributed by atoms with E-state index in [4.69, 9.17) is 11.6 Å². The van der Waals surface area contributed by atoms with Crippen LogP contribution < -0.4 is 10.2 Å². The van der Waals surface area contributed by atoms with Gasteiger partial charge in [-0.2, -0.15) is 0 Å². The molecule has 0 atom stereocenters. The summed E-state index contributed by atoms with van der Waals surface area (Å²) in [5.74, 6) is 0.975. The van der Waals surface area contributed by atoms with E-state index < -0.39 is 0 Å². The van der Waals surface area contributed by atoms with Crippen LogP contribution in [-0.4, -0.2) is 55.6 Å². The molecule has 0 unspecified atom stereocenters. The lowest BCUT2D eigenvalue weighted by atomic mass is 10.2. The molecule has 1 saturated heterocycles. The first kappa shape index (κ1) is 17.0. The van der Waals surface area contributed by atoms with Crippen molar-refractivity contribution in [3.63, 3.8) is 0 Å². The minimum Gasteiger partial charge on any atom is -0.360 e. The number of aromatic nitrogens is 1. The fraction of sp³-hybridized carbons (Fsp3) is 0.412. The number of rotatable bonds is 4. The lowest BCUT2D eigenvalue weighted by molar-refractivity contribution is 0.374. The van der Waals surface area contributed by atoms with Gasteiger partial charge in [0.25, 0.3) is 0 Å². The molecule has 3 rings (SSSR count). The van der Waals surface area contributed by atoms with E-state index in [1.807, 2.05) is 25.4 Å². The van der Waals surface area contributed by atoms with Crippen LogP contribution in [-0.2, 0) is 6.42 Å². The van der Waals surface area contributed by atoms with Crippen molar-refractivity contribution in [2.45, 2.75) is 6.42 Å². The standard InChI is InChI=1S/C17H22ClN5S/c1-19-17(20-7-6-14-4-5-15(18)21-13-14)23-10-8-22(9-11-23)16-3-2-12-24-16/h2-5,12-13H,6-11H2,1H3,(H,19,20). The van der Waals surface area contributed by atoms with Crippen LogP contribution in [0.3, 0.4) is 0 Å². The molecule has 0 aliphatic carbocycles. The Kier molecular flexibility index (Phi) is 5.93. The zero-order chi connectivity index (χ0) is 16.8. The summed E-state index contributed by atoms with van der Waals surface area (Å²) in [5.41, 5.74) is 1.17. The number of halogens is 1. The van der Waals surface area contributed by atoms with Gasteiger partial charge in [0.15, 0.2) is 5.96 Å². The Morgan fingerprint density at radius 2 is 2.12 bits per heavy atom. The summed E-state index contributed by atoms with van der Waals surface area (Å²) in [6.07, 6.45) is 2.73. The first-order chi connectivity index (χ1) is 11.8. The number of hydrogen-bond donors (Lipinski definition) is 1. The highest BCUT2D eigenvalue weighted by atomic mass is 35.5. The molecule has 128 valence electrons. The maximum atomic E-state index is 5.81. The Bertz CT molecular complexity index is 648. The van der Waals surface area contributed by atoms with Gasteiger partial charge in [0.2, 0.25) is 0 Å². The first-order valence-electron chi connectivity index (χ1n) is 8.11. The van der Waals surface area contributed by atoms with Gasteiger partial charge in [0.1, 0.15) is 5.15 Å². The number of nitrogens with one attached hydrogen (secondary N) is 1. The molecule has 0 radical (unpaired) electrons. The van der Waals surface area contributed by atoms with Crippen LogP contribution in [0.1, 0.15) is 5.56 Å². The fourth-order valence-electron chi connectivity index (χ4n) is 2.79. The quantitative estimate of drug-likeness (QED) is 0.515. The van der Waals surface area contributed by atoms with E-state index in [0.29, 0.717) is 5.15 Å². The van der Waals surface area contributed by atoms with Crippen molar-refractivity contribution in [1.29, 1.82) is 0 Å². The number of aliphatic imine (C=N–C) groups is 1. The Morgan fingerprint density at radius 1 is 1.29 bits per heavy atom. The molecule has 1 aliphatic rings. The van der Waals surface area contributed by atoms with Gasteiger partial charge in [-0.25, -0.2) is 4.98 Å². The summed E-state index contributed by atoms with van der Waals surface area (Å²) < 4.78 is 0. The van der Waals surface area contributed by atoms with Crippen molar-refractivity contribution in [3.05, 3.63) is 46.6 Å². The van der Waals surface area contributed by atoms with E-state index in [-0.39, 0.29) is 0 Å². The average molecular weight is 364 g/mol. The molecule has 0 spiro atoms. The molecule has 2 aromatic rings. The number of pyridine rings is 1. The minimum atomic E-state index is 0.533. The van der Waals surface area contributed by atoms with Crippen molar-refractivity contribution < 1.29 is 0 Å². The van der Waals surface area contributed by atoms with Gasteiger partial charge in [-0.1, -0.05) is 17.7 Å². The fourth-order valence-corrected chi connectivity index (χ4v) is 3.69. The Hall–Kier alpha value is -1.79. The molecule has 1 aliphatic heterocycles. The molecule has 1 N–H and O–H groups in total. The Morgan fingerprint density at radius 3 is 2.75 bits per heavy atom. The van der Waals surface area contributed by atoms with Gasteiger partial charge in [0.05, 0.1) is 5.00 Å². The van der Waals surface area contributed by atoms with Crippen LogP contribution in [0.25, 0.3) is 0 Å². The number of piperazine rings is 1. The van der Waals surface area contributed by atoms with Gasteiger partial charge >= 0.3 is 0 Å². The lowest BCUT2D eigenvalue weighted by Crippen LogP contribution is -2.52. The van der Waals surface area contributed by atoms with Crippen LogP contribution in [0.2, 0.25) is 5.15 Å². The van der Waals surface area contributed by atoms with Gasteiger partial charge in [-0.3, -0.25) is 4.99 Å². The predicted octanol–water partition coefficient (Wildman–Crippen LogP) is 2.74. The second-order valence-electron chi connectivity index (χ2n) is 5.64. The summed E-state index contributed by atoms with van der Waals surface area (Å²) in [6, 6.07) is 8.14. The smallest absolute Gasteiger partial charge is 0.193 e. The third kappa shape index (κ3) is 4.39. The molecule has 7 heteroatoms. The molecule has 5 nitrogen and oxygen atoms in total. The van der Waals surface area contributed by atoms with Crippen LogP contribution in [0.15, 0.2) is 40.8 Å². The maximum Gasteiger partial charge on any atom is 0.193 e. The van der Waals surface area contributed by atoms with Crippen LogP contribution in [0.5, 0.6) is 0 Å². The number of anilines is 1. The van der Waals surface area contributed by atoms with E-state index in [2.05, 4.69) is 42.6 Å². The summed E-state index contributed by atoms with van der Waals surface area (Å²) in [4.78, 5) is 13.3. The summed E-state index contributed by atoms with van der Waals surface area (Å²) in [6.45, 7) is 4.87. The highest BCUT2D eigenvalue weighted by Crippen LogP contribution is 2.22. The molecule has 3 heterocycles. The van der Waals surface area contributed by atoms with Gasteiger partial charge in [-0.05, 0) is 35.6 Å². The lowest BCUT2D eigenvalue weighted by Gasteiger charge is -2.37. The van der Waals surface area contributed by atoms with Gasteiger partial charge in [0, 0.05) is 46.0 Å². The van der Waals surface area contributed by atoms with Gasteiger partial charge in [-0.15, -0.1) is 11.3 Å². The predicted molar refractivity (Wildman–Crippen MR) is 102 cm³/mol. The van der Waals surface area contributed by atoms with Gasteiger partial charge < -0.3 is 15.1 Å². The van der Waals surface area contributed by atoms with Crippen LogP contribution in [0.4, 0.5) is 5.00 Å². The first-order valence-corrected chi connectivity index (χ1v) is 9.36. The van der Waals surface area contributed by atoms with E-state index >= 15 is 0 Å². The van der Waals surface area contributed by atoms with Crippen molar-refractivity contribution in [2.75, 3.05) is 44.7 Å². The summed E-state index contributed by atoms with van der Waals surface area (Å²) in [7, 11) is 1.85. The molecule has 2 aromatic heterocycles. The monoisotopic (exact) mass is 363 g/mol. The van der Waals surface area contributed by atoms with E-state index in [1.165, 1.54) is 10.6 Å². The molecular formula is C17H22ClN5S. The maximum absolute atomic E-state index is 5.81.